The van der Waals surface area contributed by atoms with E-state index < -0.39 is 28.1 Å². The van der Waals surface area contributed by atoms with E-state index in [9.17, 15) is 23.1 Å². The van der Waals surface area contributed by atoms with Crippen molar-refractivity contribution in [2.75, 3.05) is 30.9 Å². The second kappa shape index (κ2) is 5.90. The van der Waals surface area contributed by atoms with Crippen LogP contribution in [0.15, 0.2) is 0 Å². The summed E-state index contributed by atoms with van der Waals surface area (Å²) < 4.78 is 24.6. The predicted octanol–water partition coefficient (Wildman–Crippen LogP) is -0.561. The average molecular weight is 322 g/mol. The van der Waals surface area contributed by atoms with Crippen molar-refractivity contribution in [3.05, 3.63) is 0 Å². The van der Waals surface area contributed by atoms with Crippen LogP contribution >= 0.6 is 11.8 Å². The maximum absolute atomic E-state index is 12.5. The molecule has 0 saturated carbocycles. The molecule has 2 saturated heterocycles. The van der Waals surface area contributed by atoms with E-state index in [2.05, 4.69) is 0 Å². The number of sulfonamides is 1. The van der Waals surface area contributed by atoms with E-state index in [-0.39, 0.29) is 5.91 Å². The molecule has 1 amide bonds. The SMILES string of the molecule is CS(=O)(=O)N1CCCC1C(=O)N1CCSCC1C(=O)O. The molecule has 2 unspecified atom stereocenters. The first-order valence-electron chi connectivity index (χ1n) is 6.40. The minimum atomic E-state index is -3.44. The number of hydrogen-bond acceptors (Lipinski definition) is 5. The highest BCUT2D eigenvalue weighted by molar-refractivity contribution is 7.99. The molecular formula is C11H18N2O5S2. The summed E-state index contributed by atoms with van der Waals surface area (Å²) in [7, 11) is -3.44. The van der Waals surface area contributed by atoms with Gasteiger partial charge in [0.15, 0.2) is 0 Å². The van der Waals surface area contributed by atoms with Crippen molar-refractivity contribution >= 4 is 33.7 Å². The largest absolute Gasteiger partial charge is 0.480 e. The van der Waals surface area contributed by atoms with Gasteiger partial charge in [-0.05, 0) is 12.8 Å². The maximum Gasteiger partial charge on any atom is 0.327 e. The standard InChI is InChI=1S/C11H18N2O5S2/c1-20(17,18)13-4-2-3-8(13)10(14)12-5-6-19-7-9(12)11(15)16/h8-9H,2-7H2,1H3,(H,15,16). The van der Waals surface area contributed by atoms with E-state index in [1.165, 1.54) is 21.0 Å². The van der Waals surface area contributed by atoms with Crippen LogP contribution in [-0.4, -0.2) is 77.5 Å². The molecule has 1 N–H and O–H groups in total. The number of carboxylic acid groups (broad SMARTS) is 1. The van der Waals surface area contributed by atoms with Gasteiger partial charge >= 0.3 is 5.97 Å². The molecule has 0 spiro atoms. The van der Waals surface area contributed by atoms with Crippen LogP contribution in [0, 0.1) is 0 Å². The highest BCUT2D eigenvalue weighted by Crippen LogP contribution is 2.25. The van der Waals surface area contributed by atoms with E-state index in [0.29, 0.717) is 37.4 Å². The predicted molar refractivity (Wildman–Crippen MR) is 75.0 cm³/mol. The molecule has 7 nitrogen and oxygen atoms in total. The lowest BCUT2D eigenvalue weighted by Gasteiger charge is -2.35. The monoisotopic (exact) mass is 322 g/mol. The van der Waals surface area contributed by atoms with Crippen LogP contribution < -0.4 is 0 Å². The fourth-order valence-electron chi connectivity index (χ4n) is 2.65. The van der Waals surface area contributed by atoms with Crippen LogP contribution in [0.4, 0.5) is 0 Å². The number of aliphatic carboxylic acids is 1. The zero-order valence-electron chi connectivity index (χ0n) is 11.2. The Balaban J connectivity index is 2.19. The molecule has 0 aromatic rings. The summed E-state index contributed by atoms with van der Waals surface area (Å²) in [4.78, 5) is 25.1. The zero-order chi connectivity index (χ0) is 14.9. The Bertz CT molecular complexity index is 507. The molecule has 2 fully saturated rings. The first-order chi connectivity index (χ1) is 9.32. The molecule has 114 valence electrons. The number of carbonyl (C=O) groups excluding carboxylic acids is 1. The van der Waals surface area contributed by atoms with Crippen molar-refractivity contribution in [1.82, 2.24) is 9.21 Å². The second-order valence-electron chi connectivity index (χ2n) is 4.99. The Morgan fingerprint density at radius 3 is 2.55 bits per heavy atom. The van der Waals surface area contributed by atoms with Gasteiger partial charge in [0.25, 0.3) is 0 Å². The summed E-state index contributed by atoms with van der Waals surface area (Å²) >= 11 is 1.49. The third-order valence-corrected chi connectivity index (χ3v) is 5.92. The van der Waals surface area contributed by atoms with Crippen molar-refractivity contribution in [3.63, 3.8) is 0 Å². The van der Waals surface area contributed by atoms with Gasteiger partial charge in [0.2, 0.25) is 15.9 Å². The van der Waals surface area contributed by atoms with Crippen LogP contribution in [0.5, 0.6) is 0 Å². The van der Waals surface area contributed by atoms with Crippen LogP contribution in [0.3, 0.4) is 0 Å². The molecule has 2 aliphatic rings. The Morgan fingerprint density at radius 1 is 1.25 bits per heavy atom. The van der Waals surface area contributed by atoms with Gasteiger partial charge in [-0.2, -0.15) is 16.1 Å². The minimum absolute atomic E-state index is 0.329. The Kier molecular flexibility index (Phi) is 4.60. The Morgan fingerprint density at radius 2 is 1.95 bits per heavy atom. The van der Waals surface area contributed by atoms with E-state index in [1.807, 2.05) is 0 Å². The number of carbonyl (C=O) groups is 2. The van der Waals surface area contributed by atoms with Crippen molar-refractivity contribution in [1.29, 1.82) is 0 Å². The van der Waals surface area contributed by atoms with Crippen LogP contribution in [-0.2, 0) is 19.6 Å². The number of nitrogens with zero attached hydrogens (tertiary/aromatic N) is 2. The first kappa shape index (κ1) is 15.6. The van der Waals surface area contributed by atoms with Gasteiger partial charge in [-0.15, -0.1) is 0 Å². The van der Waals surface area contributed by atoms with Crippen molar-refractivity contribution < 1.29 is 23.1 Å². The van der Waals surface area contributed by atoms with Crippen molar-refractivity contribution in [2.24, 2.45) is 0 Å². The highest BCUT2D eigenvalue weighted by atomic mass is 32.2. The number of carboxylic acids is 1. The number of amides is 1. The Labute approximate surface area is 122 Å². The first-order valence-corrected chi connectivity index (χ1v) is 9.40. The third-order valence-electron chi connectivity index (χ3n) is 3.61. The van der Waals surface area contributed by atoms with Crippen LogP contribution in [0.25, 0.3) is 0 Å². The van der Waals surface area contributed by atoms with Gasteiger partial charge in [0, 0.05) is 24.6 Å². The number of rotatable bonds is 3. The van der Waals surface area contributed by atoms with E-state index in [1.54, 1.807) is 0 Å². The molecule has 20 heavy (non-hydrogen) atoms. The molecule has 2 heterocycles. The third kappa shape index (κ3) is 3.09. The van der Waals surface area contributed by atoms with Gasteiger partial charge in [-0.25, -0.2) is 13.2 Å². The van der Waals surface area contributed by atoms with Gasteiger partial charge < -0.3 is 10.0 Å². The van der Waals surface area contributed by atoms with Crippen molar-refractivity contribution in [3.8, 4) is 0 Å². The molecule has 9 heteroatoms. The number of hydrogen-bond donors (Lipinski definition) is 1. The second-order valence-corrected chi connectivity index (χ2v) is 8.08. The molecule has 2 aliphatic heterocycles. The molecule has 0 radical (unpaired) electrons. The number of thioether (sulfide) groups is 1. The molecule has 2 rings (SSSR count). The lowest BCUT2D eigenvalue weighted by molar-refractivity contribution is -0.150. The summed E-state index contributed by atoms with van der Waals surface area (Å²) in [5, 5.41) is 9.19. The van der Waals surface area contributed by atoms with Gasteiger partial charge in [0.1, 0.15) is 12.1 Å². The Hall–Kier alpha value is -0.800. The van der Waals surface area contributed by atoms with Crippen LogP contribution in [0.2, 0.25) is 0 Å². The summed E-state index contributed by atoms with van der Waals surface area (Å²) in [6.45, 7) is 0.685. The van der Waals surface area contributed by atoms with E-state index >= 15 is 0 Å². The summed E-state index contributed by atoms with van der Waals surface area (Å²) in [6, 6.07) is -1.60. The summed E-state index contributed by atoms with van der Waals surface area (Å²) in [5.41, 5.74) is 0. The smallest absolute Gasteiger partial charge is 0.327 e. The molecule has 0 bridgehead atoms. The van der Waals surface area contributed by atoms with Gasteiger partial charge in [-0.1, -0.05) is 0 Å². The fourth-order valence-corrected chi connectivity index (χ4v) is 4.80. The normalized spacial score (nSPS) is 28.6. The summed E-state index contributed by atoms with van der Waals surface area (Å²) in [6.07, 6.45) is 2.17. The van der Waals surface area contributed by atoms with Gasteiger partial charge in [-0.3, -0.25) is 4.79 Å². The van der Waals surface area contributed by atoms with E-state index in [4.69, 9.17) is 0 Å². The molecule has 0 aromatic heterocycles. The molecule has 2 atom stereocenters. The van der Waals surface area contributed by atoms with Gasteiger partial charge in [0.05, 0.1) is 6.26 Å². The zero-order valence-corrected chi connectivity index (χ0v) is 12.8. The minimum Gasteiger partial charge on any atom is -0.480 e. The fraction of sp³-hybridized carbons (Fsp3) is 0.818. The quantitative estimate of drug-likeness (QED) is 0.748. The molecule has 0 aliphatic carbocycles. The van der Waals surface area contributed by atoms with Crippen LogP contribution in [0.1, 0.15) is 12.8 Å². The summed E-state index contributed by atoms with van der Waals surface area (Å²) in [5.74, 6) is -0.372. The lowest BCUT2D eigenvalue weighted by Crippen LogP contribution is -2.56. The molecule has 0 aromatic carbocycles. The maximum atomic E-state index is 12.5. The highest BCUT2D eigenvalue weighted by Gasteiger charge is 2.42. The molecular weight excluding hydrogens is 304 g/mol. The van der Waals surface area contributed by atoms with Crippen molar-refractivity contribution in [2.45, 2.75) is 24.9 Å². The van der Waals surface area contributed by atoms with E-state index in [0.717, 1.165) is 6.26 Å². The topological polar surface area (TPSA) is 95.0 Å². The average Bonchev–Trinajstić information content (AvgIpc) is 2.87. The lowest BCUT2D eigenvalue weighted by atomic mass is 10.1.